The monoisotopic (exact) mass is 409 g/mol. The first-order chi connectivity index (χ1) is 14.5. The van der Waals surface area contributed by atoms with Crippen LogP contribution in [0.1, 0.15) is 54.4 Å². The Balaban J connectivity index is 1.41. The maximum Gasteiger partial charge on any atom is 0.255 e. The Hall–Kier alpha value is -2.73. The molecule has 2 aromatic carbocycles. The van der Waals surface area contributed by atoms with Gasteiger partial charge in [0.1, 0.15) is 5.82 Å². The summed E-state index contributed by atoms with van der Waals surface area (Å²) in [6.07, 6.45) is 5.83. The molecule has 0 spiro atoms. The zero-order valence-corrected chi connectivity index (χ0v) is 17.0. The van der Waals surface area contributed by atoms with Crippen LogP contribution in [-0.2, 0) is 11.3 Å². The molecule has 2 aromatic rings. The minimum absolute atomic E-state index is 0.186. The summed E-state index contributed by atoms with van der Waals surface area (Å²) in [6, 6.07) is 13.6. The van der Waals surface area contributed by atoms with Gasteiger partial charge in [-0.3, -0.25) is 9.59 Å². The third-order valence-corrected chi connectivity index (χ3v) is 6.04. The van der Waals surface area contributed by atoms with Gasteiger partial charge in [0, 0.05) is 35.8 Å². The molecule has 158 valence electrons. The Bertz CT molecular complexity index is 903. The second kappa shape index (κ2) is 8.96. The minimum atomic E-state index is -0.443. The Labute approximate surface area is 176 Å². The summed E-state index contributed by atoms with van der Waals surface area (Å²) >= 11 is 0. The molecule has 2 aliphatic rings. The van der Waals surface area contributed by atoms with Crippen molar-refractivity contribution in [1.82, 2.24) is 4.90 Å². The fourth-order valence-corrected chi connectivity index (χ4v) is 4.09. The highest BCUT2D eigenvalue weighted by atomic mass is 19.1. The van der Waals surface area contributed by atoms with E-state index in [0.29, 0.717) is 12.2 Å². The molecule has 3 N–H and O–H groups in total. The van der Waals surface area contributed by atoms with Crippen LogP contribution >= 0.6 is 0 Å². The summed E-state index contributed by atoms with van der Waals surface area (Å²) in [5, 5.41) is 2.79. The van der Waals surface area contributed by atoms with E-state index in [0.717, 1.165) is 44.1 Å². The lowest BCUT2D eigenvalue weighted by molar-refractivity contribution is -0.136. The summed E-state index contributed by atoms with van der Waals surface area (Å²) in [5.74, 6) is -0.349. The van der Waals surface area contributed by atoms with Crippen molar-refractivity contribution in [2.45, 2.75) is 57.2 Å². The van der Waals surface area contributed by atoms with Gasteiger partial charge in [0.2, 0.25) is 5.91 Å². The van der Waals surface area contributed by atoms with Gasteiger partial charge in [0.25, 0.3) is 5.91 Å². The molecule has 2 fully saturated rings. The summed E-state index contributed by atoms with van der Waals surface area (Å²) in [4.78, 5) is 27.2. The second-order valence-electron chi connectivity index (χ2n) is 8.47. The molecule has 0 atom stereocenters. The number of carbonyl (C=O) groups is 2. The molecule has 0 bridgehead atoms. The number of nitrogens with zero attached hydrogens (tertiary/aromatic N) is 1. The van der Waals surface area contributed by atoms with Crippen molar-refractivity contribution in [2.75, 3.05) is 5.32 Å². The van der Waals surface area contributed by atoms with Crippen LogP contribution in [-0.4, -0.2) is 28.8 Å². The smallest absolute Gasteiger partial charge is 0.255 e. The predicted octanol–water partition coefficient (Wildman–Crippen LogP) is 4.09. The maximum atomic E-state index is 13.3. The number of benzene rings is 2. The van der Waals surface area contributed by atoms with E-state index >= 15 is 0 Å². The molecule has 0 aromatic heterocycles. The molecule has 0 aliphatic heterocycles. The van der Waals surface area contributed by atoms with Crippen LogP contribution in [0.25, 0.3) is 0 Å². The fraction of sp³-hybridized carbons (Fsp3) is 0.417. The van der Waals surface area contributed by atoms with Gasteiger partial charge < -0.3 is 16.0 Å². The number of rotatable bonds is 6. The highest BCUT2D eigenvalue weighted by Gasteiger charge is 2.37. The highest BCUT2D eigenvalue weighted by Crippen LogP contribution is 2.34. The number of nitrogens with two attached hydrogens (primary N) is 1. The average molecular weight is 410 g/mol. The molecule has 6 heteroatoms. The maximum absolute atomic E-state index is 13.3. The van der Waals surface area contributed by atoms with Gasteiger partial charge >= 0.3 is 0 Å². The fourth-order valence-electron chi connectivity index (χ4n) is 4.09. The lowest BCUT2D eigenvalue weighted by Gasteiger charge is -2.36. The van der Waals surface area contributed by atoms with E-state index in [9.17, 15) is 14.0 Å². The number of anilines is 1. The van der Waals surface area contributed by atoms with Crippen LogP contribution in [0.15, 0.2) is 48.5 Å². The lowest BCUT2D eigenvalue weighted by Crippen LogP contribution is -2.44. The molecule has 30 heavy (non-hydrogen) atoms. The van der Waals surface area contributed by atoms with Crippen LogP contribution < -0.4 is 11.1 Å². The van der Waals surface area contributed by atoms with Crippen LogP contribution in [0.5, 0.6) is 0 Å². The minimum Gasteiger partial charge on any atom is -0.335 e. The lowest BCUT2D eigenvalue weighted by atomic mass is 9.90. The van der Waals surface area contributed by atoms with Crippen molar-refractivity contribution in [3.05, 3.63) is 65.5 Å². The molecular weight excluding hydrogens is 381 g/mol. The van der Waals surface area contributed by atoms with Crippen molar-refractivity contribution in [2.24, 2.45) is 11.7 Å². The number of hydrogen-bond acceptors (Lipinski definition) is 3. The van der Waals surface area contributed by atoms with Gasteiger partial charge in [-0.2, -0.15) is 0 Å². The Morgan fingerprint density at radius 3 is 2.33 bits per heavy atom. The van der Waals surface area contributed by atoms with Crippen molar-refractivity contribution in [1.29, 1.82) is 0 Å². The van der Waals surface area contributed by atoms with Crippen molar-refractivity contribution in [3.63, 3.8) is 0 Å². The number of nitrogens with one attached hydrogen (secondary N) is 1. The van der Waals surface area contributed by atoms with Crippen molar-refractivity contribution >= 4 is 17.5 Å². The topological polar surface area (TPSA) is 75.4 Å². The van der Waals surface area contributed by atoms with Gasteiger partial charge in [-0.25, -0.2) is 4.39 Å². The van der Waals surface area contributed by atoms with Crippen LogP contribution in [0, 0.1) is 11.7 Å². The van der Waals surface area contributed by atoms with E-state index in [1.165, 1.54) is 18.2 Å². The molecule has 2 saturated carbocycles. The van der Waals surface area contributed by atoms with Crippen molar-refractivity contribution in [3.8, 4) is 0 Å². The number of carbonyl (C=O) groups excluding carboxylic acids is 2. The molecular formula is C24H28FN3O2. The summed E-state index contributed by atoms with van der Waals surface area (Å²) < 4.78 is 13.3. The average Bonchev–Trinajstić information content (AvgIpc) is 3.59. The molecule has 0 radical (unpaired) electrons. The molecule has 4 rings (SSSR count). The Morgan fingerprint density at radius 1 is 1.00 bits per heavy atom. The van der Waals surface area contributed by atoms with Gasteiger partial charge in [-0.05, 0) is 74.4 Å². The third-order valence-electron chi connectivity index (χ3n) is 6.04. The Kier molecular flexibility index (Phi) is 6.13. The van der Waals surface area contributed by atoms with Gasteiger partial charge in [0.05, 0.1) is 0 Å². The molecule has 2 amide bonds. The number of halogens is 1. The summed E-state index contributed by atoms with van der Waals surface area (Å²) in [5.41, 5.74) is 7.99. The first-order valence-corrected chi connectivity index (χ1v) is 10.7. The predicted molar refractivity (Wildman–Crippen MR) is 114 cm³/mol. The third kappa shape index (κ3) is 5.05. The second-order valence-corrected chi connectivity index (χ2v) is 8.47. The standard InChI is InChI=1S/C24H28FN3O2/c25-19-3-1-2-18(14-19)23(29)27-21-10-4-16(5-11-21)15-28(24(30)17-6-7-17)22-12-8-20(26)9-13-22/h1-5,10-11,14,17,20,22H,6-9,12-13,15,26H2,(H,27,29). The Morgan fingerprint density at radius 2 is 1.70 bits per heavy atom. The SMILES string of the molecule is NC1CCC(N(Cc2ccc(NC(=O)c3cccc(F)c3)cc2)C(=O)C2CC2)CC1. The highest BCUT2D eigenvalue weighted by molar-refractivity contribution is 6.04. The van der Waals surface area contributed by atoms with Crippen LogP contribution in [0.4, 0.5) is 10.1 Å². The first-order valence-electron chi connectivity index (χ1n) is 10.7. The summed E-state index contributed by atoms with van der Waals surface area (Å²) in [7, 11) is 0. The van der Waals surface area contributed by atoms with E-state index in [1.54, 1.807) is 6.07 Å². The number of hydrogen-bond donors (Lipinski definition) is 2. The first kappa shape index (κ1) is 20.5. The van der Waals surface area contributed by atoms with Crippen LogP contribution in [0.2, 0.25) is 0 Å². The number of amides is 2. The van der Waals surface area contributed by atoms with Gasteiger partial charge in [-0.1, -0.05) is 18.2 Å². The van der Waals surface area contributed by atoms with Crippen molar-refractivity contribution < 1.29 is 14.0 Å². The van der Waals surface area contributed by atoms with E-state index in [1.807, 2.05) is 29.2 Å². The molecule has 5 nitrogen and oxygen atoms in total. The van der Waals surface area contributed by atoms with Gasteiger partial charge in [0.15, 0.2) is 0 Å². The van der Waals surface area contributed by atoms with E-state index in [4.69, 9.17) is 5.73 Å². The largest absolute Gasteiger partial charge is 0.335 e. The zero-order valence-electron chi connectivity index (χ0n) is 17.0. The quantitative estimate of drug-likeness (QED) is 0.755. The zero-order chi connectivity index (χ0) is 21.1. The molecule has 0 unspecified atom stereocenters. The summed E-state index contributed by atoms with van der Waals surface area (Å²) in [6.45, 7) is 0.577. The van der Waals surface area contributed by atoms with E-state index in [-0.39, 0.29) is 35.4 Å². The molecule has 2 aliphatic carbocycles. The molecule has 0 saturated heterocycles. The van der Waals surface area contributed by atoms with E-state index in [2.05, 4.69) is 5.32 Å². The normalized spacial score (nSPS) is 21.1. The van der Waals surface area contributed by atoms with Crippen LogP contribution in [0.3, 0.4) is 0 Å². The van der Waals surface area contributed by atoms with E-state index < -0.39 is 5.82 Å². The van der Waals surface area contributed by atoms with Gasteiger partial charge in [-0.15, -0.1) is 0 Å². The molecule has 0 heterocycles.